The monoisotopic (exact) mass is 514 g/mol. The number of nitrogens with zero attached hydrogens (tertiary/aromatic N) is 2. The number of aromatic carboxylic acids is 1. The van der Waals surface area contributed by atoms with Crippen molar-refractivity contribution in [1.29, 1.82) is 0 Å². The maximum Gasteiger partial charge on any atom is 0.337 e. The molecule has 1 aromatic heterocycles. The number of amides is 1. The molecule has 1 fully saturated rings. The van der Waals surface area contributed by atoms with Gasteiger partial charge < -0.3 is 20.1 Å². The predicted octanol–water partition coefficient (Wildman–Crippen LogP) is 4.66. The molecule has 2 aromatic carbocycles. The number of benzene rings is 2. The van der Waals surface area contributed by atoms with Crippen molar-refractivity contribution < 1.29 is 28.2 Å². The summed E-state index contributed by atoms with van der Waals surface area (Å²) in [5.74, 6) is -0.716. The standard InChI is InChI=1S/C27H32F2N4O4/c1-4-25(34)31-21-12-17(5-6-19(21)27(35)36)22-14-32(15-24(28)29)9-10-33(22)13-20-18-7-8-30-26(18)16(2)11-23(20)37-3/h5-8,11-12,22,24,30H,4,9-10,13-15H2,1-3H3,(H,31,34)(H,35,36). The Morgan fingerprint density at radius 1 is 1.24 bits per heavy atom. The van der Waals surface area contributed by atoms with Crippen LogP contribution in [0, 0.1) is 6.92 Å². The van der Waals surface area contributed by atoms with E-state index >= 15 is 0 Å². The maximum atomic E-state index is 13.3. The molecule has 1 aliphatic heterocycles. The molecule has 198 valence electrons. The minimum absolute atomic E-state index is 0.0217. The second-order valence-corrected chi connectivity index (χ2v) is 9.29. The normalized spacial score (nSPS) is 16.9. The van der Waals surface area contributed by atoms with Crippen molar-refractivity contribution in [2.75, 3.05) is 38.6 Å². The van der Waals surface area contributed by atoms with Crippen molar-refractivity contribution in [3.05, 3.63) is 58.8 Å². The van der Waals surface area contributed by atoms with Crippen molar-refractivity contribution in [2.45, 2.75) is 39.3 Å². The Morgan fingerprint density at radius 3 is 2.70 bits per heavy atom. The van der Waals surface area contributed by atoms with Gasteiger partial charge in [-0.1, -0.05) is 13.0 Å². The highest BCUT2D eigenvalue weighted by atomic mass is 19.3. The fourth-order valence-electron chi connectivity index (χ4n) is 5.03. The van der Waals surface area contributed by atoms with Gasteiger partial charge in [0, 0.05) is 61.3 Å². The number of aromatic nitrogens is 1. The van der Waals surface area contributed by atoms with Gasteiger partial charge in [0.05, 0.1) is 24.9 Å². The van der Waals surface area contributed by atoms with Crippen LogP contribution in [0.3, 0.4) is 0 Å². The minimum Gasteiger partial charge on any atom is -0.496 e. The minimum atomic E-state index is -2.46. The van der Waals surface area contributed by atoms with E-state index in [1.807, 2.05) is 25.3 Å². The Labute approximate surface area is 214 Å². The number of fused-ring (bicyclic) bond motifs is 1. The zero-order valence-electron chi connectivity index (χ0n) is 21.2. The average molecular weight is 515 g/mol. The number of H-pyrrole nitrogens is 1. The lowest BCUT2D eigenvalue weighted by Gasteiger charge is -2.42. The third kappa shape index (κ3) is 5.75. The molecule has 4 rings (SSSR count). The summed E-state index contributed by atoms with van der Waals surface area (Å²) >= 11 is 0. The number of aromatic amines is 1. The van der Waals surface area contributed by atoms with Gasteiger partial charge in [-0.05, 0) is 42.3 Å². The molecule has 1 unspecified atom stereocenters. The van der Waals surface area contributed by atoms with Crippen LogP contribution in [0.4, 0.5) is 14.5 Å². The molecule has 3 aromatic rings. The number of alkyl halides is 2. The van der Waals surface area contributed by atoms with E-state index in [2.05, 4.69) is 15.2 Å². The summed E-state index contributed by atoms with van der Waals surface area (Å²) in [7, 11) is 1.63. The van der Waals surface area contributed by atoms with Crippen LogP contribution in [-0.2, 0) is 11.3 Å². The van der Waals surface area contributed by atoms with E-state index in [1.165, 1.54) is 6.07 Å². The molecule has 1 aliphatic rings. The first-order valence-corrected chi connectivity index (χ1v) is 12.3. The first kappa shape index (κ1) is 26.6. The number of carbonyl (C=O) groups excluding carboxylic acids is 1. The van der Waals surface area contributed by atoms with Crippen LogP contribution in [0.2, 0.25) is 0 Å². The van der Waals surface area contributed by atoms with Gasteiger partial charge >= 0.3 is 5.97 Å². The van der Waals surface area contributed by atoms with Gasteiger partial charge in [0.1, 0.15) is 5.75 Å². The van der Waals surface area contributed by atoms with Crippen molar-refractivity contribution in [2.24, 2.45) is 0 Å². The third-order valence-corrected chi connectivity index (χ3v) is 6.92. The number of nitrogens with one attached hydrogen (secondary N) is 2. The lowest BCUT2D eigenvalue weighted by molar-refractivity contribution is -0.115. The van der Waals surface area contributed by atoms with Crippen molar-refractivity contribution in [3.63, 3.8) is 0 Å². The molecule has 1 amide bonds. The smallest absolute Gasteiger partial charge is 0.337 e. The summed E-state index contributed by atoms with van der Waals surface area (Å²) in [4.78, 5) is 31.1. The number of carboxylic acid groups (broad SMARTS) is 1. The number of ether oxygens (including phenoxy) is 1. The van der Waals surface area contributed by atoms with E-state index < -0.39 is 12.4 Å². The summed E-state index contributed by atoms with van der Waals surface area (Å²) in [5, 5.41) is 13.3. The summed E-state index contributed by atoms with van der Waals surface area (Å²) < 4.78 is 32.3. The largest absolute Gasteiger partial charge is 0.496 e. The topological polar surface area (TPSA) is 97.9 Å². The summed E-state index contributed by atoms with van der Waals surface area (Å²) in [6.45, 7) is 5.18. The van der Waals surface area contributed by atoms with Crippen molar-refractivity contribution in [3.8, 4) is 5.75 Å². The van der Waals surface area contributed by atoms with Crippen LogP contribution in [0.25, 0.3) is 10.9 Å². The lowest BCUT2D eigenvalue weighted by Crippen LogP contribution is -2.49. The number of carbonyl (C=O) groups is 2. The highest BCUT2D eigenvalue weighted by Gasteiger charge is 2.31. The Bertz CT molecular complexity index is 1290. The first-order chi connectivity index (χ1) is 17.7. The van der Waals surface area contributed by atoms with Crippen LogP contribution in [0.15, 0.2) is 36.5 Å². The van der Waals surface area contributed by atoms with Crippen LogP contribution >= 0.6 is 0 Å². The summed E-state index contributed by atoms with van der Waals surface area (Å²) in [6.07, 6.45) is -0.384. The summed E-state index contributed by atoms with van der Waals surface area (Å²) in [6, 6.07) is 8.49. The predicted molar refractivity (Wildman–Crippen MR) is 138 cm³/mol. The van der Waals surface area contributed by atoms with Gasteiger partial charge in [0.15, 0.2) is 0 Å². The Morgan fingerprint density at radius 2 is 2.03 bits per heavy atom. The fraction of sp³-hybridized carbons (Fsp3) is 0.407. The summed E-state index contributed by atoms with van der Waals surface area (Å²) in [5.41, 5.74) is 3.97. The van der Waals surface area contributed by atoms with E-state index in [9.17, 15) is 23.5 Å². The number of hydrogen-bond donors (Lipinski definition) is 3. The molecule has 1 atom stereocenters. The average Bonchev–Trinajstić information content (AvgIpc) is 3.36. The van der Waals surface area contributed by atoms with Crippen molar-refractivity contribution in [1.82, 2.24) is 14.8 Å². The van der Waals surface area contributed by atoms with Gasteiger partial charge in [-0.15, -0.1) is 0 Å². The van der Waals surface area contributed by atoms with E-state index in [0.29, 0.717) is 26.2 Å². The molecule has 0 spiro atoms. The SMILES string of the molecule is CCC(=O)Nc1cc(C2CN(CC(F)F)CCN2Cc2c(OC)cc(C)c3[nH]ccc23)ccc1C(=O)O. The molecule has 0 bridgehead atoms. The Hall–Kier alpha value is -3.50. The molecule has 10 heteroatoms. The number of aryl methyl sites for hydroxylation is 1. The zero-order valence-corrected chi connectivity index (χ0v) is 21.2. The number of halogens is 2. The van der Waals surface area contributed by atoms with Crippen molar-refractivity contribution >= 4 is 28.5 Å². The highest BCUT2D eigenvalue weighted by Crippen LogP contribution is 2.36. The quantitative estimate of drug-likeness (QED) is 0.385. The van der Waals surface area contributed by atoms with Gasteiger partial charge in [-0.2, -0.15) is 0 Å². The van der Waals surface area contributed by atoms with Gasteiger partial charge in [0.25, 0.3) is 6.43 Å². The maximum absolute atomic E-state index is 13.3. The highest BCUT2D eigenvalue weighted by molar-refractivity contribution is 6.00. The molecule has 0 radical (unpaired) electrons. The van der Waals surface area contributed by atoms with E-state index in [-0.39, 0.29) is 36.2 Å². The Balaban J connectivity index is 1.74. The molecular formula is C27H32F2N4O4. The zero-order chi connectivity index (χ0) is 26.7. The van der Waals surface area contributed by atoms with Gasteiger partial charge in [-0.25, -0.2) is 13.6 Å². The second-order valence-electron chi connectivity index (χ2n) is 9.29. The van der Waals surface area contributed by atoms with E-state index in [1.54, 1.807) is 31.1 Å². The number of anilines is 1. The van der Waals surface area contributed by atoms with E-state index in [4.69, 9.17) is 4.74 Å². The first-order valence-electron chi connectivity index (χ1n) is 12.3. The van der Waals surface area contributed by atoms with Crippen LogP contribution in [0.1, 0.15) is 46.4 Å². The Kier molecular flexibility index (Phi) is 8.09. The van der Waals surface area contributed by atoms with E-state index in [0.717, 1.165) is 33.3 Å². The molecule has 2 heterocycles. The number of methoxy groups -OCH3 is 1. The van der Waals surface area contributed by atoms with Crippen LogP contribution in [-0.4, -0.2) is 71.5 Å². The number of hydrogen-bond acceptors (Lipinski definition) is 5. The van der Waals surface area contributed by atoms with Gasteiger partial charge in [0.2, 0.25) is 5.91 Å². The molecular weight excluding hydrogens is 482 g/mol. The van der Waals surface area contributed by atoms with Crippen LogP contribution in [0.5, 0.6) is 5.75 Å². The molecule has 3 N–H and O–H groups in total. The molecule has 37 heavy (non-hydrogen) atoms. The van der Waals surface area contributed by atoms with Crippen LogP contribution < -0.4 is 10.1 Å². The third-order valence-electron chi connectivity index (χ3n) is 6.92. The van der Waals surface area contributed by atoms with Gasteiger partial charge in [-0.3, -0.25) is 14.6 Å². The molecule has 0 aliphatic carbocycles. The number of piperazine rings is 1. The number of rotatable bonds is 9. The molecule has 1 saturated heterocycles. The fourth-order valence-corrected chi connectivity index (χ4v) is 5.03. The molecule has 8 nitrogen and oxygen atoms in total. The molecule has 0 saturated carbocycles. The second kappa shape index (κ2) is 11.3. The number of carboxylic acids is 1. The lowest BCUT2D eigenvalue weighted by atomic mass is 9.97.